The molecule has 1 unspecified atom stereocenters. The van der Waals surface area contributed by atoms with Crippen molar-refractivity contribution in [3.8, 4) is 11.1 Å². The van der Waals surface area contributed by atoms with Gasteiger partial charge in [0.15, 0.2) is 0 Å². The van der Waals surface area contributed by atoms with Gasteiger partial charge in [0.1, 0.15) is 0 Å². The highest BCUT2D eigenvalue weighted by Crippen LogP contribution is 2.50. The van der Waals surface area contributed by atoms with Gasteiger partial charge in [-0.3, -0.25) is 0 Å². The van der Waals surface area contributed by atoms with E-state index in [2.05, 4.69) is 55.5 Å². The Morgan fingerprint density at radius 1 is 0.882 bits per heavy atom. The highest BCUT2D eigenvalue weighted by atomic mass is 14.3. The van der Waals surface area contributed by atoms with Crippen molar-refractivity contribution in [1.82, 2.24) is 0 Å². The monoisotopic (exact) mass is 218 g/mol. The second kappa shape index (κ2) is 3.10. The van der Waals surface area contributed by atoms with Crippen molar-refractivity contribution in [2.75, 3.05) is 0 Å². The van der Waals surface area contributed by atoms with Gasteiger partial charge in [-0.1, -0.05) is 55.5 Å². The molecular formula is C17H14. The maximum absolute atomic E-state index is 2.42. The smallest absolute Gasteiger partial charge is 0.00672 e. The molecule has 2 aliphatic carbocycles. The van der Waals surface area contributed by atoms with Gasteiger partial charge >= 0.3 is 0 Å². The number of fused-ring (bicyclic) bond motifs is 3. The van der Waals surface area contributed by atoms with Gasteiger partial charge in [-0.15, -0.1) is 0 Å². The molecule has 0 saturated heterocycles. The van der Waals surface area contributed by atoms with Crippen molar-refractivity contribution in [2.45, 2.75) is 19.3 Å². The van der Waals surface area contributed by atoms with Crippen LogP contribution in [0.1, 0.15) is 36.0 Å². The Morgan fingerprint density at radius 3 is 2.53 bits per heavy atom. The zero-order valence-corrected chi connectivity index (χ0v) is 9.90. The number of benzene rings is 2. The third kappa shape index (κ3) is 1.08. The summed E-state index contributed by atoms with van der Waals surface area (Å²) in [7, 11) is 0. The third-order valence-corrected chi connectivity index (χ3v) is 4.08. The van der Waals surface area contributed by atoms with Crippen LogP contribution in [-0.4, -0.2) is 0 Å². The lowest BCUT2D eigenvalue weighted by molar-refractivity contribution is 0.770. The first-order chi connectivity index (χ1) is 8.36. The lowest BCUT2D eigenvalue weighted by Crippen LogP contribution is -2.02. The number of hydrogen-bond donors (Lipinski definition) is 0. The molecule has 0 spiro atoms. The molecule has 17 heavy (non-hydrogen) atoms. The van der Waals surface area contributed by atoms with Crippen LogP contribution in [0, 0.1) is 0 Å². The predicted molar refractivity (Wildman–Crippen MR) is 72.0 cm³/mol. The first-order valence-corrected chi connectivity index (χ1v) is 6.29. The summed E-state index contributed by atoms with van der Waals surface area (Å²) in [6.45, 7) is 2.33. The Bertz CT molecular complexity index is 647. The first-order valence-electron chi connectivity index (χ1n) is 6.29. The van der Waals surface area contributed by atoms with Crippen LogP contribution in [0.3, 0.4) is 0 Å². The third-order valence-electron chi connectivity index (χ3n) is 4.08. The van der Waals surface area contributed by atoms with Crippen LogP contribution >= 0.6 is 0 Å². The number of allylic oxidation sites excluding steroid dienone is 1. The van der Waals surface area contributed by atoms with Gasteiger partial charge in [0.25, 0.3) is 0 Å². The predicted octanol–water partition coefficient (Wildman–Crippen LogP) is 4.61. The Kier molecular flexibility index (Phi) is 1.69. The molecule has 2 aliphatic rings. The molecular weight excluding hydrogens is 204 g/mol. The Balaban J connectivity index is 2.15. The van der Waals surface area contributed by atoms with Crippen molar-refractivity contribution in [2.24, 2.45) is 0 Å². The normalized spacial score (nSPS) is 19.6. The van der Waals surface area contributed by atoms with Gasteiger partial charge in [0, 0.05) is 0 Å². The molecule has 0 saturated carbocycles. The number of hydrogen-bond acceptors (Lipinski definition) is 0. The highest BCUT2D eigenvalue weighted by Gasteiger charge is 2.29. The molecule has 2 aromatic carbocycles. The SMILES string of the molecule is CC1CC=C2c3ccccc3-c3cccc1c32. The summed E-state index contributed by atoms with van der Waals surface area (Å²) in [6, 6.07) is 15.5. The van der Waals surface area contributed by atoms with E-state index >= 15 is 0 Å². The molecule has 1 atom stereocenters. The maximum atomic E-state index is 2.42. The van der Waals surface area contributed by atoms with E-state index in [1.54, 1.807) is 0 Å². The van der Waals surface area contributed by atoms with Crippen LogP contribution in [0.2, 0.25) is 0 Å². The minimum absolute atomic E-state index is 0.656. The standard InChI is InChI=1S/C17H14/c1-11-9-10-16-14-6-3-2-5-13(14)15-8-4-7-12(11)17(15)16/h2-8,10-11H,9H2,1H3. The van der Waals surface area contributed by atoms with E-state index in [1.807, 2.05) is 0 Å². The molecule has 0 heterocycles. The second-order valence-electron chi connectivity index (χ2n) is 5.07. The fourth-order valence-corrected chi connectivity index (χ4v) is 3.23. The molecule has 0 nitrogen and oxygen atoms in total. The molecule has 0 fully saturated rings. The van der Waals surface area contributed by atoms with E-state index in [9.17, 15) is 0 Å². The first kappa shape index (κ1) is 9.23. The molecule has 0 N–H and O–H groups in total. The summed E-state index contributed by atoms with van der Waals surface area (Å²) in [6.07, 6.45) is 3.59. The van der Waals surface area contributed by atoms with Gasteiger partial charge in [-0.05, 0) is 45.7 Å². The van der Waals surface area contributed by atoms with Gasteiger partial charge in [-0.2, -0.15) is 0 Å². The van der Waals surface area contributed by atoms with E-state index in [1.165, 1.54) is 39.8 Å². The van der Waals surface area contributed by atoms with Crippen LogP contribution in [-0.2, 0) is 0 Å². The van der Waals surface area contributed by atoms with Gasteiger partial charge in [-0.25, -0.2) is 0 Å². The van der Waals surface area contributed by atoms with Crippen molar-refractivity contribution >= 4 is 5.57 Å². The van der Waals surface area contributed by atoms with Crippen LogP contribution in [0.5, 0.6) is 0 Å². The van der Waals surface area contributed by atoms with Crippen molar-refractivity contribution in [3.05, 3.63) is 65.2 Å². The highest BCUT2D eigenvalue weighted by molar-refractivity contribution is 6.02. The Hall–Kier alpha value is -1.82. The van der Waals surface area contributed by atoms with Gasteiger partial charge in [0.05, 0.1) is 0 Å². The van der Waals surface area contributed by atoms with Gasteiger partial charge in [0.2, 0.25) is 0 Å². The molecule has 0 radical (unpaired) electrons. The topological polar surface area (TPSA) is 0 Å². The summed E-state index contributed by atoms with van der Waals surface area (Å²) < 4.78 is 0. The molecule has 0 amide bonds. The van der Waals surface area contributed by atoms with E-state index in [4.69, 9.17) is 0 Å². The zero-order chi connectivity index (χ0) is 11.4. The minimum atomic E-state index is 0.656. The minimum Gasteiger partial charge on any atom is -0.0754 e. The number of rotatable bonds is 0. The average molecular weight is 218 g/mol. The van der Waals surface area contributed by atoms with E-state index in [-0.39, 0.29) is 0 Å². The summed E-state index contributed by atoms with van der Waals surface area (Å²) >= 11 is 0. The van der Waals surface area contributed by atoms with E-state index in [0.717, 1.165) is 0 Å². The zero-order valence-electron chi connectivity index (χ0n) is 9.90. The molecule has 0 aliphatic heterocycles. The van der Waals surface area contributed by atoms with Crippen molar-refractivity contribution < 1.29 is 0 Å². The largest absolute Gasteiger partial charge is 0.0754 e. The quantitative estimate of drug-likeness (QED) is 0.517. The molecule has 2 aromatic rings. The maximum Gasteiger partial charge on any atom is -0.00672 e. The summed E-state index contributed by atoms with van der Waals surface area (Å²) in [4.78, 5) is 0. The Labute approximate surface area is 102 Å². The van der Waals surface area contributed by atoms with Crippen LogP contribution in [0.4, 0.5) is 0 Å². The Morgan fingerprint density at radius 2 is 1.65 bits per heavy atom. The van der Waals surface area contributed by atoms with E-state index < -0.39 is 0 Å². The van der Waals surface area contributed by atoms with Crippen molar-refractivity contribution in [1.29, 1.82) is 0 Å². The van der Waals surface area contributed by atoms with Crippen LogP contribution in [0.25, 0.3) is 16.7 Å². The fraction of sp³-hybridized carbons (Fsp3) is 0.176. The lowest BCUT2D eigenvalue weighted by Gasteiger charge is -2.20. The average Bonchev–Trinajstić information content (AvgIpc) is 2.70. The summed E-state index contributed by atoms with van der Waals surface area (Å²) in [5, 5.41) is 0. The summed E-state index contributed by atoms with van der Waals surface area (Å²) in [5.41, 5.74) is 8.73. The molecule has 4 rings (SSSR count). The summed E-state index contributed by atoms with van der Waals surface area (Å²) in [5.74, 6) is 0.656. The van der Waals surface area contributed by atoms with Crippen LogP contribution < -0.4 is 0 Å². The van der Waals surface area contributed by atoms with E-state index in [0.29, 0.717) is 5.92 Å². The van der Waals surface area contributed by atoms with Gasteiger partial charge < -0.3 is 0 Å². The fourth-order valence-electron chi connectivity index (χ4n) is 3.23. The molecule has 0 aromatic heterocycles. The molecule has 0 heteroatoms. The van der Waals surface area contributed by atoms with Crippen LogP contribution in [0.15, 0.2) is 48.5 Å². The second-order valence-corrected chi connectivity index (χ2v) is 5.07. The molecule has 0 bridgehead atoms. The van der Waals surface area contributed by atoms with Crippen molar-refractivity contribution in [3.63, 3.8) is 0 Å². The lowest BCUT2D eigenvalue weighted by atomic mass is 9.83. The molecule has 82 valence electrons.